The Labute approximate surface area is 144 Å². The third kappa shape index (κ3) is 2.99. The van der Waals surface area contributed by atoms with Crippen molar-refractivity contribution in [2.45, 2.75) is 11.4 Å². The van der Waals surface area contributed by atoms with Crippen LogP contribution >= 0.6 is 11.6 Å². The highest BCUT2D eigenvalue weighted by atomic mass is 35.5. The Kier molecular flexibility index (Phi) is 4.28. The van der Waals surface area contributed by atoms with Gasteiger partial charge in [-0.15, -0.1) is 0 Å². The van der Waals surface area contributed by atoms with Crippen LogP contribution in [0.5, 0.6) is 0 Å². The van der Waals surface area contributed by atoms with Crippen molar-refractivity contribution in [2.75, 3.05) is 7.05 Å². The van der Waals surface area contributed by atoms with Crippen LogP contribution in [0.25, 0.3) is 11.0 Å². The van der Waals surface area contributed by atoms with Crippen molar-refractivity contribution in [2.24, 2.45) is 0 Å². The number of sulfonamides is 1. The standard InChI is InChI=1S/C16H13ClN4O2S/c1-21(10-16-19-14-4-2-3-5-15(14)20-16)24(22,23)12-7-6-11(9-18)13(17)8-12/h2-8H,10H2,1H3,(H,19,20). The van der Waals surface area contributed by atoms with Gasteiger partial charge in [0.2, 0.25) is 10.0 Å². The molecular formula is C16H13ClN4O2S. The summed E-state index contributed by atoms with van der Waals surface area (Å²) in [7, 11) is -2.28. The molecule has 1 heterocycles. The number of aromatic nitrogens is 2. The molecule has 122 valence electrons. The van der Waals surface area contributed by atoms with Gasteiger partial charge in [-0.3, -0.25) is 0 Å². The minimum absolute atomic E-state index is 0.0325. The largest absolute Gasteiger partial charge is 0.341 e. The molecule has 8 heteroatoms. The predicted molar refractivity (Wildman–Crippen MR) is 90.9 cm³/mol. The summed E-state index contributed by atoms with van der Waals surface area (Å²) in [6.45, 7) is 0.0919. The second-order valence-electron chi connectivity index (χ2n) is 5.22. The molecule has 6 nitrogen and oxygen atoms in total. The molecule has 0 fully saturated rings. The average molecular weight is 361 g/mol. The summed E-state index contributed by atoms with van der Waals surface area (Å²) < 4.78 is 26.5. The molecule has 1 N–H and O–H groups in total. The van der Waals surface area contributed by atoms with E-state index >= 15 is 0 Å². The first-order valence-corrected chi connectivity index (χ1v) is 8.83. The van der Waals surface area contributed by atoms with E-state index in [0.29, 0.717) is 5.82 Å². The van der Waals surface area contributed by atoms with Crippen molar-refractivity contribution in [3.63, 3.8) is 0 Å². The van der Waals surface area contributed by atoms with E-state index in [9.17, 15) is 8.42 Å². The Balaban J connectivity index is 1.89. The van der Waals surface area contributed by atoms with Crippen LogP contribution in [0.2, 0.25) is 5.02 Å². The molecule has 0 spiro atoms. The SMILES string of the molecule is CN(Cc1nc2ccccc2[nH]1)S(=O)(=O)c1ccc(C#N)c(Cl)c1. The minimum atomic E-state index is -3.74. The fourth-order valence-electron chi connectivity index (χ4n) is 2.30. The zero-order valence-electron chi connectivity index (χ0n) is 12.7. The minimum Gasteiger partial charge on any atom is -0.341 e. The van der Waals surface area contributed by atoms with Gasteiger partial charge in [-0.2, -0.15) is 9.57 Å². The molecule has 2 aromatic carbocycles. The third-order valence-electron chi connectivity index (χ3n) is 3.58. The maximum absolute atomic E-state index is 12.6. The molecule has 1 aromatic heterocycles. The smallest absolute Gasteiger partial charge is 0.243 e. The number of rotatable bonds is 4. The van der Waals surface area contributed by atoms with Gasteiger partial charge in [0.15, 0.2) is 0 Å². The van der Waals surface area contributed by atoms with Gasteiger partial charge in [0, 0.05) is 7.05 Å². The number of aromatic amines is 1. The summed E-state index contributed by atoms with van der Waals surface area (Å²) in [5.41, 5.74) is 1.86. The highest BCUT2D eigenvalue weighted by Crippen LogP contribution is 2.23. The number of nitrogens with one attached hydrogen (secondary N) is 1. The number of nitrogens with zero attached hydrogens (tertiary/aromatic N) is 3. The first kappa shape index (κ1) is 16.5. The second kappa shape index (κ2) is 6.24. The molecule has 24 heavy (non-hydrogen) atoms. The van der Waals surface area contributed by atoms with E-state index in [1.54, 1.807) is 0 Å². The lowest BCUT2D eigenvalue weighted by Crippen LogP contribution is -2.27. The molecule has 0 saturated heterocycles. The molecule has 0 amide bonds. The molecule has 3 aromatic rings. The Morgan fingerprint density at radius 3 is 2.71 bits per heavy atom. The van der Waals surface area contributed by atoms with E-state index < -0.39 is 10.0 Å². The van der Waals surface area contributed by atoms with E-state index in [-0.39, 0.29) is 22.0 Å². The fourth-order valence-corrected chi connectivity index (χ4v) is 3.75. The Bertz CT molecular complexity index is 1020. The molecule has 0 saturated carbocycles. The van der Waals surface area contributed by atoms with Crippen LogP contribution < -0.4 is 0 Å². The van der Waals surface area contributed by atoms with E-state index in [4.69, 9.17) is 16.9 Å². The van der Waals surface area contributed by atoms with Crippen molar-refractivity contribution in [3.8, 4) is 6.07 Å². The number of nitriles is 1. The number of halogens is 1. The van der Waals surface area contributed by atoms with E-state index in [0.717, 1.165) is 11.0 Å². The van der Waals surface area contributed by atoms with Crippen LogP contribution in [0.1, 0.15) is 11.4 Å². The van der Waals surface area contributed by atoms with Crippen molar-refractivity contribution < 1.29 is 8.42 Å². The van der Waals surface area contributed by atoms with Gasteiger partial charge in [-0.05, 0) is 30.3 Å². The average Bonchev–Trinajstić information content (AvgIpc) is 2.96. The van der Waals surface area contributed by atoms with Crippen LogP contribution in [0.4, 0.5) is 0 Å². The number of imidazole rings is 1. The van der Waals surface area contributed by atoms with Gasteiger partial charge in [-0.1, -0.05) is 23.7 Å². The Hall–Kier alpha value is -2.40. The molecule has 0 aliphatic carbocycles. The van der Waals surface area contributed by atoms with Gasteiger partial charge in [0.1, 0.15) is 11.9 Å². The van der Waals surface area contributed by atoms with Crippen LogP contribution in [-0.2, 0) is 16.6 Å². The summed E-state index contributed by atoms with van der Waals surface area (Å²) in [5.74, 6) is 0.544. The lowest BCUT2D eigenvalue weighted by atomic mass is 10.2. The summed E-state index contributed by atoms with van der Waals surface area (Å²) in [4.78, 5) is 7.50. The predicted octanol–water partition coefficient (Wildman–Crippen LogP) is 2.91. The van der Waals surface area contributed by atoms with Gasteiger partial charge >= 0.3 is 0 Å². The normalized spacial score (nSPS) is 11.8. The first-order chi connectivity index (χ1) is 11.4. The quantitative estimate of drug-likeness (QED) is 0.774. The van der Waals surface area contributed by atoms with Gasteiger partial charge in [0.05, 0.1) is 33.1 Å². The summed E-state index contributed by atoms with van der Waals surface area (Å²) in [6.07, 6.45) is 0. The fraction of sp³-hybridized carbons (Fsp3) is 0.125. The highest BCUT2D eigenvalue weighted by molar-refractivity contribution is 7.89. The monoisotopic (exact) mass is 360 g/mol. The Morgan fingerprint density at radius 2 is 2.04 bits per heavy atom. The number of hydrogen-bond donors (Lipinski definition) is 1. The van der Waals surface area contributed by atoms with Crippen LogP contribution in [0, 0.1) is 11.3 Å². The number of fused-ring (bicyclic) bond motifs is 1. The van der Waals surface area contributed by atoms with Crippen molar-refractivity contribution in [1.82, 2.24) is 14.3 Å². The third-order valence-corrected chi connectivity index (χ3v) is 5.69. The summed E-state index contributed by atoms with van der Waals surface area (Å²) >= 11 is 5.93. The highest BCUT2D eigenvalue weighted by Gasteiger charge is 2.23. The second-order valence-corrected chi connectivity index (χ2v) is 7.67. The van der Waals surface area contributed by atoms with E-state index in [1.165, 1.54) is 29.6 Å². The van der Waals surface area contributed by atoms with Gasteiger partial charge in [-0.25, -0.2) is 13.4 Å². The maximum atomic E-state index is 12.6. The molecule has 0 aliphatic rings. The van der Waals surface area contributed by atoms with E-state index in [2.05, 4.69) is 9.97 Å². The summed E-state index contributed by atoms with van der Waals surface area (Å²) in [6, 6.07) is 13.4. The first-order valence-electron chi connectivity index (χ1n) is 7.01. The molecule has 0 atom stereocenters. The summed E-state index contributed by atoms with van der Waals surface area (Å²) in [5, 5.41) is 8.99. The molecule has 0 unspecified atom stereocenters. The number of H-pyrrole nitrogens is 1. The number of hydrogen-bond acceptors (Lipinski definition) is 4. The van der Waals surface area contributed by atoms with Crippen LogP contribution in [-0.4, -0.2) is 29.7 Å². The van der Waals surface area contributed by atoms with Gasteiger partial charge < -0.3 is 4.98 Å². The maximum Gasteiger partial charge on any atom is 0.243 e. The molecule has 3 rings (SSSR count). The Morgan fingerprint density at radius 1 is 1.29 bits per heavy atom. The zero-order chi connectivity index (χ0) is 17.3. The molecule has 0 aliphatic heterocycles. The topological polar surface area (TPSA) is 89.8 Å². The zero-order valence-corrected chi connectivity index (χ0v) is 14.3. The lowest BCUT2D eigenvalue weighted by molar-refractivity contribution is 0.458. The number of para-hydroxylation sites is 2. The molecule has 0 bridgehead atoms. The molecule has 0 radical (unpaired) electrons. The van der Waals surface area contributed by atoms with Crippen LogP contribution in [0.3, 0.4) is 0 Å². The number of benzene rings is 2. The van der Waals surface area contributed by atoms with Crippen molar-refractivity contribution in [3.05, 3.63) is 58.9 Å². The van der Waals surface area contributed by atoms with Gasteiger partial charge in [0.25, 0.3) is 0 Å². The van der Waals surface area contributed by atoms with Crippen LogP contribution in [0.15, 0.2) is 47.4 Å². The van der Waals surface area contributed by atoms with Crippen molar-refractivity contribution in [1.29, 1.82) is 5.26 Å². The van der Waals surface area contributed by atoms with E-state index in [1.807, 2.05) is 30.3 Å². The lowest BCUT2D eigenvalue weighted by Gasteiger charge is -2.16. The van der Waals surface area contributed by atoms with Crippen molar-refractivity contribution >= 4 is 32.7 Å². The molecular weight excluding hydrogens is 348 g/mol.